The zero-order chi connectivity index (χ0) is 15.2. The highest BCUT2D eigenvalue weighted by molar-refractivity contribution is 7.80. The molecule has 1 amide bonds. The van der Waals surface area contributed by atoms with Crippen molar-refractivity contribution in [1.29, 1.82) is 0 Å². The van der Waals surface area contributed by atoms with Gasteiger partial charge in [0, 0.05) is 6.04 Å². The minimum atomic E-state index is -0.700. The summed E-state index contributed by atoms with van der Waals surface area (Å²) in [6.45, 7) is 4.10. The van der Waals surface area contributed by atoms with Crippen LogP contribution in [0.1, 0.15) is 65.2 Å². The number of carbonyl (C=O) groups is 1. The molecule has 0 saturated heterocycles. The number of aliphatic hydroxyl groups is 1. The van der Waals surface area contributed by atoms with Crippen LogP contribution in [-0.4, -0.2) is 28.1 Å². The van der Waals surface area contributed by atoms with Crippen molar-refractivity contribution in [2.24, 2.45) is 11.1 Å². The molecule has 1 rings (SSSR count). The lowest BCUT2D eigenvalue weighted by Crippen LogP contribution is -2.52. The Hall–Kier alpha value is -0.680. The molecule has 1 aliphatic carbocycles. The van der Waals surface area contributed by atoms with Gasteiger partial charge in [-0.3, -0.25) is 4.79 Å². The second kappa shape index (κ2) is 7.93. The van der Waals surface area contributed by atoms with Crippen molar-refractivity contribution >= 4 is 23.1 Å². The summed E-state index contributed by atoms with van der Waals surface area (Å²) in [7, 11) is 0. The van der Waals surface area contributed by atoms with E-state index in [0.717, 1.165) is 38.5 Å². The van der Waals surface area contributed by atoms with Crippen LogP contribution in [0.2, 0.25) is 0 Å². The van der Waals surface area contributed by atoms with E-state index in [9.17, 15) is 9.90 Å². The summed E-state index contributed by atoms with van der Waals surface area (Å²) in [6.07, 6.45) is 6.14. The number of carbonyl (C=O) groups excluding carboxylic acids is 1. The summed E-state index contributed by atoms with van der Waals surface area (Å²) in [4.78, 5) is 13.0. The van der Waals surface area contributed by atoms with E-state index in [4.69, 9.17) is 18.0 Å². The van der Waals surface area contributed by atoms with Gasteiger partial charge in [0.05, 0.1) is 16.5 Å². The van der Waals surface area contributed by atoms with E-state index in [2.05, 4.69) is 5.32 Å². The number of thiocarbonyl (C=S) groups is 1. The van der Waals surface area contributed by atoms with Crippen molar-refractivity contribution < 1.29 is 9.90 Å². The van der Waals surface area contributed by atoms with Gasteiger partial charge in [-0.2, -0.15) is 0 Å². The highest BCUT2D eigenvalue weighted by atomic mass is 32.1. The molecule has 0 radical (unpaired) electrons. The van der Waals surface area contributed by atoms with Crippen LogP contribution in [0.25, 0.3) is 0 Å². The molecule has 0 unspecified atom stereocenters. The lowest BCUT2D eigenvalue weighted by atomic mass is 9.77. The summed E-state index contributed by atoms with van der Waals surface area (Å²) in [5.41, 5.74) is 5.20. The van der Waals surface area contributed by atoms with Crippen LogP contribution in [0.15, 0.2) is 0 Å². The maximum absolute atomic E-state index is 12.7. The van der Waals surface area contributed by atoms with Crippen LogP contribution < -0.4 is 11.1 Å². The number of hydrogen-bond acceptors (Lipinski definition) is 3. The molecule has 0 aromatic heterocycles. The predicted octanol–water partition coefficient (Wildman–Crippen LogP) is 2.28. The highest BCUT2D eigenvalue weighted by Gasteiger charge is 2.40. The molecule has 0 aliphatic heterocycles. The van der Waals surface area contributed by atoms with Gasteiger partial charge in [-0.15, -0.1) is 0 Å². The van der Waals surface area contributed by atoms with Crippen LogP contribution in [0.4, 0.5) is 0 Å². The molecule has 0 bridgehead atoms. The molecule has 20 heavy (non-hydrogen) atoms. The quantitative estimate of drug-likeness (QED) is 0.631. The van der Waals surface area contributed by atoms with Gasteiger partial charge in [-0.1, -0.05) is 38.9 Å². The van der Waals surface area contributed by atoms with Crippen molar-refractivity contribution in [3.05, 3.63) is 0 Å². The molecule has 5 heteroatoms. The molecule has 0 heterocycles. The summed E-state index contributed by atoms with van der Waals surface area (Å²) in [6, 6.07) is 0.147. The standard InChI is InChI=1S/C15H28N2O2S/c1-3-9-15(10-4-2,13(16)20)14(19)17-11-5-7-12(18)8-6-11/h11-12,18H,3-10H2,1-2H3,(H2,16,20)(H,17,19). The van der Waals surface area contributed by atoms with E-state index in [0.29, 0.717) is 17.8 Å². The Morgan fingerprint density at radius 2 is 1.75 bits per heavy atom. The highest BCUT2D eigenvalue weighted by Crippen LogP contribution is 2.32. The molecule has 0 aromatic rings. The molecule has 0 aromatic carbocycles. The van der Waals surface area contributed by atoms with E-state index in [1.807, 2.05) is 13.8 Å². The van der Waals surface area contributed by atoms with Gasteiger partial charge in [-0.05, 0) is 38.5 Å². The Morgan fingerprint density at radius 3 is 2.15 bits per heavy atom. The first-order valence-corrected chi connectivity index (χ1v) is 8.16. The molecule has 0 atom stereocenters. The average Bonchev–Trinajstić information content (AvgIpc) is 2.40. The average molecular weight is 300 g/mol. The largest absolute Gasteiger partial charge is 0.393 e. The molecule has 1 saturated carbocycles. The van der Waals surface area contributed by atoms with E-state index < -0.39 is 5.41 Å². The minimum absolute atomic E-state index is 0.0184. The van der Waals surface area contributed by atoms with E-state index in [1.165, 1.54) is 0 Å². The van der Waals surface area contributed by atoms with Crippen LogP contribution >= 0.6 is 12.2 Å². The van der Waals surface area contributed by atoms with Crippen molar-refractivity contribution in [2.75, 3.05) is 0 Å². The number of nitrogens with two attached hydrogens (primary N) is 1. The third kappa shape index (κ3) is 4.16. The lowest BCUT2D eigenvalue weighted by Gasteiger charge is -2.34. The van der Waals surface area contributed by atoms with Gasteiger partial charge in [0.25, 0.3) is 0 Å². The summed E-state index contributed by atoms with van der Waals surface area (Å²) >= 11 is 5.20. The Balaban J connectivity index is 2.74. The van der Waals surface area contributed by atoms with Crippen molar-refractivity contribution in [3.63, 3.8) is 0 Å². The van der Waals surface area contributed by atoms with E-state index in [1.54, 1.807) is 0 Å². The third-order valence-corrected chi connectivity index (χ3v) is 4.68. The molecular formula is C15H28N2O2S. The Kier molecular flexibility index (Phi) is 6.89. The van der Waals surface area contributed by atoms with Crippen molar-refractivity contribution in [1.82, 2.24) is 5.32 Å². The van der Waals surface area contributed by atoms with Crippen LogP contribution in [0.5, 0.6) is 0 Å². The van der Waals surface area contributed by atoms with Crippen molar-refractivity contribution in [2.45, 2.75) is 77.4 Å². The predicted molar refractivity (Wildman–Crippen MR) is 85.4 cm³/mol. The molecule has 4 nitrogen and oxygen atoms in total. The minimum Gasteiger partial charge on any atom is -0.393 e. The molecule has 116 valence electrons. The van der Waals surface area contributed by atoms with E-state index in [-0.39, 0.29) is 18.1 Å². The fourth-order valence-electron chi connectivity index (χ4n) is 3.11. The molecule has 4 N–H and O–H groups in total. The van der Waals surface area contributed by atoms with E-state index >= 15 is 0 Å². The van der Waals surface area contributed by atoms with Crippen molar-refractivity contribution in [3.8, 4) is 0 Å². The van der Waals surface area contributed by atoms with Crippen LogP contribution in [0, 0.1) is 5.41 Å². The zero-order valence-corrected chi connectivity index (χ0v) is 13.5. The Bertz CT molecular complexity index is 333. The second-order valence-electron chi connectivity index (χ2n) is 5.93. The van der Waals surface area contributed by atoms with Gasteiger partial charge in [0.1, 0.15) is 0 Å². The van der Waals surface area contributed by atoms with Crippen LogP contribution in [-0.2, 0) is 4.79 Å². The normalized spacial score (nSPS) is 23.4. The first-order chi connectivity index (χ1) is 9.46. The molecule has 0 spiro atoms. The lowest BCUT2D eigenvalue weighted by molar-refractivity contribution is -0.129. The van der Waals surface area contributed by atoms with Gasteiger partial charge >= 0.3 is 0 Å². The molecule has 1 aliphatic rings. The smallest absolute Gasteiger partial charge is 0.233 e. The molecule has 1 fully saturated rings. The zero-order valence-electron chi connectivity index (χ0n) is 12.7. The number of amides is 1. The van der Waals surface area contributed by atoms with Gasteiger partial charge in [-0.25, -0.2) is 0 Å². The maximum atomic E-state index is 12.7. The fourth-order valence-corrected chi connectivity index (χ4v) is 3.40. The molecular weight excluding hydrogens is 272 g/mol. The van der Waals surface area contributed by atoms with Gasteiger partial charge < -0.3 is 16.2 Å². The maximum Gasteiger partial charge on any atom is 0.233 e. The number of hydrogen-bond donors (Lipinski definition) is 3. The second-order valence-corrected chi connectivity index (χ2v) is 6.37. The summed E-state index contributed by atoms with van der Waals surface area (Å²) in [5, 5.41) is 12.6. The number of rotatable bonds is 7. The summed E-state index contributed by atoms with van der Waals surface area (Å²) in [5.74, 6) is -0.0184. The Labute approximate surface area is 127 Å². The van der Waals surface area contributed by atoms with Gasteiger partial charge in [0.2, 0.25) is 5.91 Å². The van der Waals surface area contributed by atoms with Crippen LogP contribution in [0.3, 0.4) is 0 Å². The first-order valence-electron chi connectivity index (χ1n) is 7.75. The Morgan fingerprint density at radius 1 is 1.25 bits per heavy atom. The monoisotopic (exact) mass is 300 g/mol. The first kappa shape index (κ1) is 17.4. The van der Waals surface area contributed by atoms with Gasteiger partial charge in [0.15, 0.2) is 0 Å². The number of aliphatic hydroxyl groups excluding tert-OH is 1. The topological polar surface area (TPSA) is 75.3 Å². The SMILES string of the molecule is CCCC(CCC)(C(=O)NC1CCC(O)CC1)C(N)=S. The summed E-state index contributed by atoms with van der Waals surface area (Å²) < 4.78 is 0. The fraction of sp³-hybridized carbons (Fsp3) is 0.867. The number of nitrogens with one attached hydrogen (secondary N) is 1. The third-order valence-electron chi connectivity index (χ3n) is 4.29.